The molecule has 0 aliphatic carbocycles. The van der Waals surface area contributed by atoms with Gasteiger partial charge in [0.05, 0.1) is 19.1 Å². The lowest BCUT2D eigenvalue weighted by Crippen LogP contribution is -2.49. The minimum absolute atomic E-state index is 0.0674. The topological polar surface area (TPSA) is 77.5 Å². The van der Waals surface area contributed by atoms with E-state index in [4.69, 9.17) is 9.73 Å². The molecule has 8 nitrogen and oxygen atoms in total. The molecule has 1 N–H and O–H groups in total. The minimum atomic E-state index is -0.0959. The molecule has 1 amide bonds. The Kier molecular flexibility index (Phi) is 8.84. The molecular formula is C19H35N5O3. The van der Waals surface area contributed by atoms with Crippen LogP contribution in [0.15, 0.2) is 4.99 Å². The van der Waals surface area contributed by atoms with E-state index < -0.39 is 0 Å². The van der Waals surface area contributed by atoms with Gasteiger partial charge in [0.1, 0.15) is 0 Å². The number of aliphatic imine (C=N–C) groups is 1. The van der Waals surface area contributed by atoms with Crippen LogP contribution in [-0.2, 0) is 14.3 Å². The summed E-state index contributed by atoms with van der Waals surface area (Å²) in [5.74, 6) is 0.876. The molecule has 2 fully saturated rings. The van der Waals surface area contributed by atoms with Crippen LogP contribution in [0.5, 0.6) is 0 Å². The van der Waals surface area contributed by atoms with Gasteiger partial charge in [-0.3, -0.25) is 19.5 Å². The maximum Gasteiger partial charge on any atom is 0.310 e. The zero-order chi connectivity index (χ0) is 19.6. The van der Waals surface area contributed by atoms with Gasteiger partial charge in [-0.05, 0) is 26.7 Å². The van der Waals surface area contributed by atoms with Crippen LogP contribution in [0.1, 0.15) is 33.6 Å². The van der Waals surface area contributed by atoms with Crippen molar-refractivity contribution in [1.29, 1.82) is 0 Å². The Hall–Kier alpha value is -1.83. The van der Waals surface area contributed by atoms with Crippen molar-refractivity contribution in [3.8, 4) is 0 Å². The van der Waals surface area contributed by atoms with Gasteiger partial charge in [-0.25, -0.2) is 0 Å². The molecule has 0 spiro atoms. The summed E-state index contributed by atoms with van der Waals surface area (Å²) in [6, 6.07) is 0. The number of piperidine rings is 1. The summed E-state index contributed by atoms with van der Waals surface area (Å²) in [6.45, 7) is 13.4. The van der Waals surface area contributed by atoms with E-state index in [-0.39, 0.29) is 17.8 Å². The lowest BCUT2D eigenvalue weighted by molar-refractivity contribution is -0.149. The molecule has 0 saturated carbocycles. The molecule has 0 aromatic heterocycles. The van der Waals surface area contributed by atoms with E-state index in [0.29, 0.717) is 19.7 Å². The van der Waals surface area contributed by atoms with Gasteiger partial charge >= 0.3 is 5.97 Å². The molecule has 154 valence electrons. The number of nitrogens with one attached hydrogen (secondary N) is 1. The summed E-state index contributed by atoms with van der Waals surface area (Å²) < 4.78 is 5.19. The van der Waals surface area contributed by atoms with Crippen molar-refractivity contribution in [1.82, 2.24) is 20.0 Å². The van der Waals surface area contributed by atoms with Gasteiger partial charge in [-0.1, -0.05) is 0 Å². The zero-order valence-corrected chi connectivity index (χ0v) is 17.1. The maximum absolute atomic E-state index is 12.1. The van der Waals surface area contributed by atoms with E-state index in [1.165, 1.54) is 0 Å². The van der Waals surface area contributed by atoms with Crippen LogP contribution in [0.25, 0.3) is 0 Å². The van der Waals surface area contributed by atoms with Gasteiger partial charge in [0, 0.05) is 59.3 Å². The Balaban J connectivity index is 1.84. The van der Waals surface area contributed by atoms with Crippen LogP contribution < -0.4 is 5.32 Å². The van der Waals surface area contributed by atoms with Crippen molar-refractivity contribution in [2.24, 2.45) is 10.9 Å². The van der Waals surface area contributed by atoms with E-state index in [1.54, 1.807) is 6.92 Å². The number of piperazine rings is 1. The molecule has 27 heavy (non-hydrogen) atoms. The van der Waals surface area contributed by atoms with E-state index in [9.17, 15) is 9.59 Å². The smallest absolute Gasteiger partial charge is 0.310 e. The SMILES string of the molecule is CCNC(=NCCN1CCN(C(C)=O)CC1)N1CCCC(C(=O)OCC)C1. The number of hydrogen-bond acceptors (Lipinski definition) is 5. The van der Waals surface area contributed by atoms with Gasteiger partial charge in [0.2, 0.25) is 5.91 Å². The molecule has 0 radical (unpaired) electrons. The van der Waals surface area contributed by atoms with Crippen LogP contribution in [0.4, 0.5) is 0 Å². The number of carbonyl (C=O) groups excluding carboxylic acids is 2. The second-order valence-electron chi connectivity index (χ2n) is 7.12. The van der Waals surface area contributed by atoms with Crippen LogP contribution in [0.3, 0.4) is 0 Å². The molecule has 2 aliphatic rings. The number of guanidine groups is 1. The predicted octanol–water partition coefficient (Wildman–Crippen LogP) is 0.391. The fraction of sp³-hybridized carbons (Fsp3) is 0.842. The molecule has 8 heteroatoms. The third-order valence-corrected chi connectivity index (χ3v) is 5.17. The molecule has 0 aromatic rings. The molecule has 2 aliphatic heterocycles. The van der Waals surface area contributed by atoms with E-state index >= 15 is 0 Å². The van der Waals surface area contributed by atoms with E-state index in [0.717, 1.165) is 64.6 Å². The Bertz CT molecular complexity index is 517. The first-order valence-corrected chi connectivity index (χ1v) is 10.2. The number of rotatable bonds is 6. The van der Waals surface area contributed by atoms with Crippen LogP contribution in [0.2, 0.25) is 0 Å². The Labute approximate surface area is 162 Å². The molecule has 1 atom stereocenters. The molecule has 2 heterocycles. The highest BCUT2D eigenvalue weighted by atomic mass is 16.5. The van der Waals surface area contributed by atoms with Crippen molar-refractivity contribution in [2.45, 2.75) is 33.6 Å². The summed E-state index contributed by atoms with van der Waals surface area (Å²) in [4.78, 5) is 34.7. The highest BCUT2D eigenvalue weighted by molar-refractivity contribution is 5.81. The monoisotopic (exact) mass is 381 g/mol. The second-order valence-corrected chi connectivity index (χ2v) is 7.12. The number of likely N-dealkylation sites (tertiary alicyclic amines) is 1. The molecule has 2 rings (SSSR count). The quantitative estimate of drug-likeness (QED) is 0.407. The van der Waals surface area contributed by atoms with Crippen LogP contribution in [-0.4, -0.2) is 98.0 Å². The summed E-state index contributed by atoms with van der Waals surface area (Å²) in [5, 5.41) is 3.36. The van der Waals surface area contributed by atoms with Crippen molar-refractivity contribution in [3.05, 3.63) is 0 Å². The number of ether oxygens (including phenoxy) is 1. The fourth-order valence-electron chi connectivity index (χ4n) is 3.63. The van der Waals surface area contributed by atoms with Crippen molar-refractivity contribution in [2.75, 3.05) is 65.5 Å². The van der Waals surface area contributed by atoms with E-state index in [1.807, 2.05) is 11.8 Å². The first-order valence-electron chi connectivity index (χ1n) is 10.2. The summed E-state index contributed by atoms with van der Waals surface area (Å²) in [5.41, 5.74) is 0. The predicted molar refractivity (Wildman–Crippen MR) is 106 cm³/mol. The average molecular weight is 382 g/mol. The number of amides is 1. The van der Waals surface area contributed by atoms with Crippen LogP contribution >= 0.6 is 0 Å². The van der Waals surface area contributed by atoms with Crippen molar-refractivity contribution >= 4 is 17.8 Å². The summed E-state index contributed by atoms with van der Waals surface area (Å²) in [7, 11) is 0. The Morgan fingerprint density at radius 1 is 1.11 bits per heavy atom. The zero-order valence-electron chi connectivity index (χ0n) is 17.1. The highest BCUT2D eigenvalue weighted by Crippen LogP contribution is 2.18. The fourth-order valence-corrected chi connectivity index (χ4v) is 3.63. The van der Waals surface area contributed by atoms with Gasteiger partial charge < -0.3 is 19.9 Å². The van der Waals surface area contributed by atoms with Gasteiger partial charge in [0.25, 0.3) is 0 Å². The van der Waals surface area contributed by atoms with Crippen LogP contribution in [0, 0.1) is 5.92 Å². The Morgan fingerprint density at radius 2 is 1.85 bits per heavy atom. The standard InChI is InChI=1S/C19H35N5O3/c1-4-20-19(24-9-6-7-17(15-24)18(26)27-5-2)21-8-10-22-11-13-23(14-12-22)16(3)25/h17H,4-15H2,1-3H3,(H,20,21). The lowest BCUT2D eigenvalue weighted by atomic mass is 9.98. The average Bonchev–Trinajstić information content (AvgIpc) is 2.68. The number of nitrogens with zero attached hydrogens (tertiary/aromatic N) is 4. The summed E-state index contributed by atoms with van der Waals surface area (Å²) in [6.07, 6.45) is 1.86. The molecule has 1 unspecified atom stereocenters. The van der Waals surface area contributed by atoms with Gasteiger partial charge in [-0.15, -0.1) is 0 Å². The molecule has 2 saturated heterocycles. The van der Waals surface area contributed by atoms with Gasteiger partial charge in [-0.2, -0.15) is 0 Å². The first kappa shape index (κ1) is 21.5. The summed E-state index contributed by atoms with van der Waals surface area (Å²) >= 11 is 0. The number of hydrogen-bond donors (Lipinski definition) is 1. The highest BCUT2D eigenvalue weighted by Gasteiger charge is 2.28. The van der Waals surface area contributed by atoms with Crippen molar-refractivity contribution < 1.29 is 14.3 Å². The largest absolute Gasteiger partial charge is 0.466 e. The number of esters is 1. The minimum Gasteiger partial charge on any atom is -0.466 e. The van der Waals surface area contributed by atoms with Crippen molar-refractivity contribution in [3.63, 3.8) is 0 Å². The van der Waals surface area contributed by atoms with Gasteiger partial charge in [0.15, 0.2) is 5.96 Å². The third-order valence-electron chi connectivity index (χ3n) is 5.17. The number of carbonyl (C=O) groups is 2. The van der Waals surface area contributed by atoms with E-state index in [2.05, 4.69) is 22.0 Å². The first-order chi connectivity index (χ1) is 13.0. The second kappa shape index (κ2) is 11.1. The molecule has 0 bridgehead atoms. The maximum atomic E-state index is 12.1. The molecular weight excluding hydrogens is 346 g/mol. The molecule has 0 aromatic carbocycles. The normalized spacial score (nSPS) is 21.9. The Morgan fingerprint density at radius 3 is 2.48 bits per heavy atom. The third kappa shape index (κ3) is 6.68. The lowest BCUT2D eigenvalue weighted by Gasteiger charge is -2.35.